The van der Waals surface area contributed by atoms with Crippen LogP contribution in [0.5, 0.6) is 0 Å². The van der Waals surface area contributed by atoms with Crippen LogP contribution < -0.4 is 5.73 Å². The Morgan fingerprint density at radius 2 is 2.00 bits per heavy atom. The minimum Gasteiger partial charge on any atom is -0.383 e. The Morgan fingerprint density at radius 3 is 2.81 bits per heavy atom. The average molecular weight is 342 g/mol. The number of benzene rings is 1. The Bertz CT molecular complexity index is 861. The summed E-state index contributed by atoms with van der Waals surface area (Å²) in [5.41, 5.74) is 8.18. The molecule has 0 spiro atoms. The maximum absolute atomic E-state index is 12.7. The van der Waals surface area contributed by atoms with Crippen molar-refractivity contribution in [3.63, 3.8) is 0 Å². The van der Waals surface area contributed by atoms with Gasteiger partial charge in [-0.1, -0.05) is 18.2 Å². The summed E-state index contributed by atoms with van der Waals surface area (Å²) in [5, 5.41) is 0.969. The lowest BCUT2D eigenvalue weighted by Crippen LogP contribution is -2.10. The van der Waals surface area contributed by atoms with E-state index >= 15 is 0 Å². The molecule has 1 aromatic carbocycles. The highest BCUT2D eigenvalue weighted by Crippen LogP contribution is 2.25. The minimum atomic E-state index is -0.235. The lowest BCUT2D eigenvalue weighted by Gasteiger charge is -2.08. The van der Waals surface area contributed by atoms with Crippen LogP contribution in [-0.4, -0.2) is 15.8 Å². The first-order valence-electron chi connectivity index (χ1n) is 6.38. The van der Waals surface area contributed by atoms with Crippen molar-refractivity contribution in [2.75, 3.05) is 5.73 Å². The van der Waals surface area contributed by atoms with Gasteiger partial charge in [0.25, 0.3) is 0 Å². The van der Waals surface area contributed by atoms with E-state index in [2.05, 4.69) is 25.9 Å². The third-order valence-electron chi connectivity index (χ3n) is 3.19. The molecule has 3 aromatic rings. The Labute approximate surface area is 130 Å². The molecule has 0 unspecified atom stereocenters. The minimum absolute atomic E-state index is 0.215. The van der Waals surface area contributed by atoms with Crippen molar-refractivity contribution >= 4 is 38.4 Å². The quantitative estimate of drug-likeness (QED) is 0.724. The van der Waals surface area contributed by atoms with Crippen molar-refractivity contribution < 1.29 is 4.79 Å². The zero-order valence-corrected chi connectivity index (χ0v) is 12.9. The molecule has 4 nitrogen and oxygen atoms in total. The van der Waals surface area contributed by atoms with Gasteiger partial charge in [0, 0.05) is 16.1 Å². The van der Waals surface area contributed by atoms with Gasteiger partial charge in [-0.25, -0.2) is 9.97 Å². The van der Waals surface area contributed by atoms with E-state index in [0.717, 1.165) is 16.5 Å². The van der Waals surface area contributed by atoms with Gasteiger partial charge in [-0.15, -0.1) is 0 Å². The first-order chi connectivity index (χ1) is 10.1. The fourth-order valence-corrected chi connectivity index (χ4v) is 2.65. The molecule has 3 rings (SSSR count). The number of nitrogens with two attached hydrogens (primary N) is 1. The lowest BCUT2D eigenvalue weighted by molar-refractivity contribution is 0.103. The van der Waals surface area contributed by atoms with E-state index < -0.39 is 0 Å². The number of para-hydroxylation sites is 1. The van der Waals surface area contributed by atoms with Gasteiger partial charge in [0.15, 0.2) is 0 Å². The van der Waals surface area contributed by atoms with Crippen molar-refractivity contribution in [2.45, 2.75) is 6.92 Å². The molecule has 2 heterocycles. The zero-order chi connectivity index (χ0) is 15.0. The molecule has 0 amide bonds. The number of fused-ring (bicyclic) bond motifs is 1. The number of anilines is 1. The molecule has 0 saturated heterocycles. The number of halogens is 1. The van der Waals surface area contributed by atoms with E-state index in [4.69, 9.17) is 5.73 Å². The number of aromatic nitrogens is 2. The van der Waals surface area contributed by atoms with Crippen molar-refractivity contribution in [2.24, 2.45) is 0 Å². The standard InChI is InChI=1S/C16H12BrN3O/c1-9-6-11(16(18)19-8-9)15(21)14-12(17)7-10-4-2-3-5-13(10)20-14/h2-8H,1H3,(H2,18,19). The first kappa shape index (κ1) is 13.7. The van der Waals surface area contributed by atoms with Crippen LogP contribution in [0.15, 0.2) is 47.1 Å². The summed E-state index contributed by atoms with van der Waals surface area (Å²) >= 11 is 3.41. The van der Waals surface area contributed by atoms with Gasteiger partial charge in [-0.3, -0.25) is 4.79 Å². The number of carbonyl (C=O) groups is 1. The molecule has 0 atom stereocenters. The molecular weight excluding hydrogens is 330 g/mol. The lowest BCUT2D eigenvalue weighted by atomic mass is 10.1. The molecule has 2 aromatic heterocycles. The second-order valence-corrected chi connectivity index (χ2v) is 5.64. The molecule has 0 radical (unpaired) electrons. The van der Waals surface area contributed by atoms with Crippen molar-refractivity contribution in [3.8, 4) is 0 Å². The fourth-order valence-electron chi connectivity index (χ4n) is 2.14. The van der Waals surface area contributed by atoms with Crippen LogP contribution in [-0.2, 0) is 0 Å². The number of rotatable bonds is 2. The second-order valence-electron chi connectivity index (χ2n) is 4.79. The Hall–Kier alpha value is -2.27. The number of carbonyl (C=O) groups excluding carboxylic acids is 1. The first-order valence-corrected chi connectivity index (χ1v) is 7.17. The highest BCUT2D eigenvalue weighted by atomic mass is 79.9. The van der Waals surface area contributed by atoms with Crippen LogP contribution in [0.4, 0.5) is 5.82 Å². The topological polar surface area (TPSA) is 68.9 Å². The molecule has 0 bridgehead atoms. The van der Waals surface area contributed by atoms with Crippen LogP contribution in [0.3, 0.4) is 0 Å². The smallest absolute Gasteiger partial charge is 0.216 e. The normalized spacial score (nSPS) is 10.8. The monoisotopic (exact) mass is 341 g/mol. The van der Waals surface area contributed by atoms with Crippen LogP contribution in [0.25, 0.3) is 10.9 Å². The highest BCUT2D eigenvalue weighted by Gasteiger charge is 2.18. The number of nitrogen functional groups attached to an aromatic ring is 1. The molecule has 0 fully saturated rings. The highest BCUT2D eigenvalue weighted by molar-refractivity contribution is 9.10. The van der Waals surface area contributed by atoms with Gasteiger partial charge in [-0.2, -0.15) is 0 Å². The van der Waals surface area contributed by atoms with Gasteiger partial charge in [0.2, 0.25) is 5.78 Å². The van der Waals surface area contributed by atoms with E-state index in [9.17, 15) is 4.79 Å². The molecule has 0 saturated carbocycles. The predicted octanol–water partition coefficient (Wildman–Crippen LogP) is 3.51. The number of hydrogen-bond donors (Lipinski definition) is 1. The second kappa shape index (κ2) is 5.26. The van der Waals surface area contributed by atoms with E-state index in [1.54, 1.807) is 12.3 Å². The fraction of sp³-hybridized carbons (Fsp3) is 0.0625. The van der Waals surface area contributed by atoms with E-state index in [1.807, 2.05) is 37.3 Å². The van der Waals surface area contributed by atoms with Crippen LogP contribution >= 0.6 is 15.9 Å². The van der Waals surface area contributed by atoms with E-state index in [-0.39, 0.29) is 11.6 Å². The average Bonchev–Trinajstić information content (AvgIpc) is 2.48. The van der Waals surface area contributed by atoms with E-state index in [0.29, 0.717) is 15.7 Å². The van der Waals surface area contributed by atoms with Crippen LogP contribution in [0.2, 0.25) is 0 Å². The van der Waals surface area contributed by atoms with Crippen LogP contribution in [0.1, 0.15) is 21.6 Å². The molecule has 5 heteroatoms. The van der Waals surface area contributed by atoms with Crippen molar-refractivity contribution in [1.82, 2.24) is 9.97 Å². The SMILES string of the molecule is Cc1cnc(N)c(C(=O)c2nc3ccccc3cc2Br)c1. The number of pyridine rings is 2. The molecule has 0 aliphatic carbocycles. The van der Waals surface area contributed by atoms with Crippen molar-refractivity contribution in [3.05, 3.63) is 63.9 Å². The molecule has 2 N–H and O–H groups in total. The summed E-state index contributed by atoms with van der Waals surface area (Å²) in [5.74, 6) is -0.0196. The zero-order valence-electron chi connectivity index (χ0n) is 11.3. The summed E-state index contributed by atoms with van der Waals surface area (Å²) in [7, 11) is 0. The number of hydrogen-bond acceptors (Lipinski definition) is 4. The van der Waals surface area contributed by atoms with Gasteiger partial charge in [-0.05, 0) is 46.6 Å². The maximum atomic E-state index is 12.7. The summed E-state index contributed by atoms with van der Waals surface area (Å²) in [6.07, 6.45) is 1.63. The molecular formula is C16H12BrN3O. The largest absolute Gasteiger partial charge is 0.383 e. The van der Waals surface area contributed by atoms with Crippen LogP contribution in [0, 0.1) is 6.92 Å². The maximum Gasteiger partial charge on any atom is 0.216 e. The Morgan fingerprint density at radius 1 is 1.24 bits per heavy atom. The Balaban J connectivity index is 2.17. The molecule has 0 aliphatic heterocycles. The summed E-state index contributed by atoms with van der Waals surface area (Å²) in [4.78, 5) is 21.1. The van der Waals surface area contributed by atoms with E-state index in [1.165, 1.54) is 0 Å². The molecule has 104 valence electrons. The number of ketones is 1. The predicted molar refractivity (Wildman–Crippen MR) is 86.3 cm³/mol. The van der Waals surface area contributed by atoms with Gasteiger partial charge < -0.3 is 5.73 Å². The Kier molecular flexibility index (Phi) is 3.43. The van der Waals surface area contributed by atoms with Gasteiger partial charge in [0.05, 0.1) is 11.1 Å². The molecule has 0 aliphatic rings. The number of aryl methyl sites for hydroxylation is 1. The summed E-state index contributed by atoms with van der Waals surface area (Å²) in [6.45, 7) is 1.87. The third kappa shape index (κ3) is 2.52. The van der Waals surface area contributed by atoms with Gasteiger partial charge in [0.1, 0.15) is 11.5 Å². The third-order valence-corrected chi connectivity index (χ3v) is 3.80. The van der Waals surface area contributed by atoms with Crippen molar-refractivity contribution in [1.29, 1.82) is 0 Å². The summed E-state index contributed by atoms with van der Waals surface area (Å²) in [6, 6.07) is 11.3. The molecule has 21 heavy (non-hydrogen) atoms. The summed E-state index contributed by atoms with van der Waals surface area (Å²) < 4.78 is 0.645. The number of nitrogens with zero attached hydrogens (tertiary/aromatic N) is 2. The van der Waals surface area contributed by atoms with Gasteiger partial charge >= 0.3 is 0 Å².